The molecule has 1 heterocycles. The number of hydrogen-bond donors (Lipinski definition) is 1. The molecule has 0 fully saturated rings. The maximum atomic E-state index is 11.8. The average molecular weight is 227 g/mol. The van der Waals surface area contributed by atoms with Crippen LogP contribution in [0.2, 0.25) is 0 Å². The fourth-order valence-corrected chi connectivity index (χ4v) is 1.40. The summed E-state index contributed by atoms with van der Waals surface area (Å²) >= 11 is 0. The Balaban J connectivity index is 3.10. The largest absolute Gasteiger partial charge is 0.393 e. The Morgan fingerprint density at radius 3 is 2.62 bits per heavy atom. The van der Waals surface area contributed by atoms with E-state index in [1.807, 2.05) is 13.8 Å². The number of nitrogens with zero attached hydrogens (tertiary/aromatic N) is 2. The Hall–Kier alpha value is -1.56. The van der Waals surface area contributed by atoms with Gasteiger partial charge in [-0.3, -0.25) is 13.9 Å². The molecule has 16 heavy (non-hydrogen) atoms. The van der Waals surface area contributed by atoms with Crippen LogP contribution < -0.4 is 17.0 Å². The molecule has 0 aliphatic carbocycles. The van der Waals surface area contributed by atoms with Gasteiger partial charge in [0, 0.05) is 19.3 Å². The quantitative estimate of drug-likeness (QED) is 0.697. The molecule has 0 bridgehead atoms. The first-order valence-electron chi connectivity index (χ1n) is 5.29. The number of aromatic nitrogens is 2. The van der Waals surface area contributed by atoms with E-state index in [1.165, 1.54) is 10.8 Å². The van der Waals surface area contributed by atoms with Crippen LogP contribution in [0.25, 0.3) is 0 Å². The molecule has 6 nitrogen and oxygen atoms in total. The second-order valence-electron chi connectivity index (χ2n) is 3.31. The molecule has 2 N–H and O–H groups in total. The van der Waals surface area contributed by atoms with Crippen LogP contribution in [0.4, 0.5) is 5.69 Å². The molecule has 90 valence electrons. The smallest absolute Gasteiger partial charge is 0.331 e. The SMILES string of the molecule is CCOCCn1c(=O)c(N)cn(CC)c1=O. The highest BCUT2D eigenvalue weighted by atomic mass is 16.5. The first-order valence-corrected chi connectivity index (χ1v) is 5.29. The molecule has 1 aromatic heterocycles. The molecule has 0 atom stereocenters. The predicted octanol–water partition coefficient (Wildman–Crippen LogP) is -0.351. The first-order chi connectivity index (χ1) is 7.61. The van der Waals surface area contributed by atoms with Crippen molar-refractivity contribution >= 4 is 5.69 Å². The molecule has 0 unspecified atom stereocenters. The summed E-state index contributed by atoms with van der Waals surface area (Å²) in [5.41, 5.74) is 4.82. The van der Waals surface area contributed by atoms with Gasteiger partial charge in [-0.1, -0.05) is 0 Å². The zero-order valence-electron chi connectivity index (χ0n) is 9.60. The van der Waals surface area contributed by atoms with Gasteiger partial charge in [-0.05, 0) is 13.8 Å². The zero-order chi connectivity index (χ0) is 12.1. The third kappa shape index (κ3) is 2.52. The highest BCUT2D eigenvalue weighted by Gasteiger charge is 2.07. The molecule has 0 spiro atoms. The summed E-state index contributed by atoms with van der Waals surface area (Å²) in [6, 6.07) is 0. The van der Waals surface area contributed by atoms with Crippen LogP contribution in [0.3, 0.4) is 0 Å². The van der Waals surface area contributed by atoms with E-state index in [1.54, 1.807) is 0 Å². The number of ether oxygens (including phenoxy) is 1. The lowest BCUT2D eigenvalue weighted by Gasteiger charge is -2.09. The van der Waals surface area contributed by atoms with Crippen LogP contribution >= 0.6 is 0 Å². The van der Waals surface area contributed by atoms with Crippen molar-refractivity contribution in [3.8, 4) is 0 Å². The van der Waals surface area contributed by atoms with Crippen LogP contribution in [0.5, 0.6) is 0 Å². The highest BCUT2D eigenvalue weighted by molar-refractivity contribution is 5.30. The summed E-state index contributed by atoms with van der Waals surface area (Å²) in [7, 11) is 0. The van der Waals surface area contributed by atoms with Crippen molar-refractivity contribution in [1.29, 1.82) is 0 Å². The zero-order valence-corrected chi connectivity index (χ0v) is 9.60. The fourth-order valence-electron chi connectivity index (χ4n) is 1.40. The lowest BCUT2D eigenvalue weighted by molar-refractivity contribution is 0.137. The normalized spacial score (nSPS) is 10.6. The van der Waals surface area contributed by atoms with Gasteiger partial charge >= 0.3 is 5.69 Å². The summed E-state index contributed by atoms with van der Waals surface area (Å²) in [6.07, 6.45) is 1.38. The Bertz CT molecular complexity index is 461. The van der Waals surface area contributed by atoms with E-state index in [9.17, 15) is 9.59 Å². The van der Waals surface area contributed by atoms with E-state index in [4.69, 9.17) is 10.5 Å². The van der Waals surface area contributed by atoms with E-state index in [-0.39, 0.29) is 17.9 Å². The number of aryl methyl sites for hydroxylation is 1. The summed E-state index contributed by atoms with van der Waals surface area (Å²) in [5, 5.41) is 0. The third-order valence-electron chi connectivity index (χ3n) is 2.27. The number of nitrogens with two attached hydrogens (primary N) is 1. The summed E-state index contributed by atoms with van der Waals surface area (Å²) in [4.78, 5) is 23.4. The predicted molar refractivity (Wildman–Crippen MR) is 61.5 cm³/mol. The van der Waals surface area contributed by atoms with Gasteiger partial charge < -0.3 is 10.5 Å². The summed E-state index contributed by atoms with van der Waals surface area (Å²) in [6.45, 7) is 5.27. The Morgan fingerprint density at radius 1 is 1.38 bits per heavy atom. The van der Waals surface area contributed by atoms with Crippen LogP contribution in [-0.2, 0) is 17.8 Å². The van der Waals surface area contributed by atoms with Crippen LogP contribution in [-0.4, -0.2) is 22.3 Å². The van der Waals surface area contributed by atoms with Gasteiger partial charge in [0.2, 0.25) is 0 Å². The molecule has 6 heteroatoms. The monoisotopic (exact) mass is 227 g/mol. The minimum absolute atomic E-state index is 0.0814. The van der Waals surface area contributed by atoms with E-state index < -0.39 is 5.56 Å². The van der Waals surface area contributed by atoms with Crippen molar-refractivity contribution in [3.05, 3.63) is 27.0 Å². The molecular weight excluding hydrogens is 210 g/mol. The number of rotatable bonds is 5. The van der Waals surface area contributed by atoms with Crippen molar-refractivity contribution in [3.63, 3.8) is 0 Å². The maximum absolute atomic E-state index is 11.8. The number of nitrogen functional groups attached to an aromatic ring is 1. The third-order valence-corrected chi connectivity index (χ3v) is 2.27. The molecule has 0 radical (unpaired) electrons. The number of anilines is 1. The first kappa shape index (κ1) is 12.5. The molecular formula is C10H17N3O3. The van der Waals surface area contributed by atoms with Crippen LogP contribution in [0, 0.1) is 0 Å². The van der Waals surface area contributed by atoms with Crippen LogP contribution in [0.1, 0.15) is 13.8 Å². The van der Waals surface area contributed by atoms with Crippen molar-refractivity contribution in [1.82, 2.24) is 9.13 Å². The Kier molecular flexibility index (Phi) is 4.30. The van der Waals surface area contributed by atoms with Crippen molar-refractivity contribution < 1.29 is 4.74 Å². The average Bonchev–Trinajstić information content (AvgIpc) is 2.28. The van der Waals surface area contributed by atoms with Gasteiger partial charge in [-0.15, -0.1) is 0 Å². The van der Waals surface area contributed by atoms with Crippen LogP contribution in [0.15, 0.2) is 15.8 Å². The lowest BCUT2D eigenvalue weighted by Crippen LogP contribution is -2.41. The summed E-state index contributed by atoms with van der Waals surface area (Å²) in [5.74, 6) is 0. The molecule has 0 saturated carbocycles. The van der Waals surface area contributed by atoms with Gasteiger partial charge in [0.25, 0.3) is 5.56 Å². The van der Waals surface area contributed by atoms with Gasteiger partial charge in [0.1, 0.15) is 5.69 Å². The van der Waals surface area contributed by atoms with E-state index in [0.29, 0.717) is 19.8 Å². The minimum Gasteiger partial charge on any atom is -0.393 e. The molecule has 1 aromatic rings. The van der Waals surface area contributed by atoms with Gasteiger partial charge in [-0.25, -0.2) is 4.79 Å². The summed E-state index contributed by atoms with van der Waals surface area (Å²) < 4.78 is 7.62. The molecule has 0 aliphatic rings. The van der Waals surface area contributed by atoms with Crippen molar-refractivity contribution in [2.45, 2.75) is 26.9 Å². The fraction of sp³-hybridized carbons (Fsp3) is 0.600. The minimum atomic E-state index is -0.450. The van der Waals surface area contributed by atoms with Crippen molar-refractivity contribution in [2.75, 3.05) is 18.9 Å². The second kappa shape index (κ2) is 5.50. The van der Waals surface area contributed by atoms with Gasteiger partial charge in [0.05, 0.1) is 13.2 Å². The van der Waals surface area contributed by atoms with Crippen molar-refractivity contribution in [2.24, 2.45) is 0 Å². The van der Waals surface area contributed by atoms with E-state index in [2.05, 4.69) is 0 Å². The molecule has 0 aromatic carbocycles. The molecule has 1 rings (SSSR count). The maximum Gasteiger partial charge on any atom is 0.331 e. The number of hydrogen-bond acceptors (Lipinski definition) is 4. The molecule has 0 aliphatic heterocycles. The highest BCUT2D eigenvalue weighted by Crippen LogP contribution is 1.89. The molecule has 0 amide bonds. The molecule has 0 saturated heterocycles. The van der Waals surface area contributed by atoms with Gasteiger partial charge in [0.15, 0.2) is 0 Å². The standard InChI is InChI=1S/C10H17N3O3/c1-3-12-7-8(11)9(14)13(10(12)15)5-6-16-4-2/h7H,3-6,11H2,1-2H3. The Labute approximate surface area is 93.3 Å². The topological polar surface area (TPSA) is 79.2 Å². The van der Waals surface area contributed by atoms with E-state index >= 15 is 0 Å². The Morgan fingerprint density at radius 2 is 2.06 bits per heavy atom. The second-order valence-corrected chi connectivity index (χ2v) is 3.31. The van der Waals surface area contributed by atoms with E-state index in [0.717, 1.165) is 4.57 Å². The van der Waals surface area contributed by atoms with Gasteiger partial charge in [-0.2, -0.15) is 0 Å². The lowest BCUT2D eigenvalue weighted by atomic mass is 10.5.